The number of hydrogen-bond acceptors (Lipinski definition) is 1. The van der Waals surface area contributed by atoms with Gasteiger partial charge in [-0.1, -0.05) is 13.3 Å². The quantitative estimate of drug-likeness (QED) is 0.759. The Morgan fingerprint density at radius 1 is 1.46 bits per heavy atom. The lowest BCUT2D eigenvalue weighted by Crippen LogP contribution is -1.82. The summed E-state index contributed by atoms with van der Waals surface area (Å²) in [6.45, 7) is 3.83. The fourth-order valence-electron chi connectivity index (χ4n) is 1.46. The van der Waals surface area contributed by atoms with Crippen molar-refractivity contribution >= 4 is 11.0 Å². The van der Waals surface area contributed by atoms with E-state index in [0.717, 1.165) is 30.3 Å². The Labute approximate surface area is 78.0 Å². The molecule has 0 aromatic carbocycles. The number of rotatable bonds is 3. The van der Waals surface area contributed by atoms with Gasteiger partial charge in [-0.25, -0.2) is 0 Å². The molecule has 0 fully saturated rings. The number of fused-ring (bicyclic) bond motifs is 1. The van der Waals surface area contributed by atoms with Crippen LogP contribution in [0.25, 0.3) is 11.0 Å². The first-order valence-electron chi connectivity index (χ1n) is 4.62. The summed E-state index contributed by atoms with van der Waals surface area (Å²) in [5.74, 6) is 0. The molecule has 1 radical (unpaired) electrons. The second-order valence-corrected chi connectivity index (χ2v) is 3.19. The van der Waals surface area contributed by atoms with Gasteiger partial charge in [0.05, 0.1) is 11.0 Å². The molecule has 2 rings (SSSR count). The van der Waals surface area contributed by atoms with E-state index in [1.165, 1.54) is 5.69 Å². The predicted octanol–water partition coefficient (Wildman–Crippen LogP) is 2.72. The van der Waals surface area contributed by atoms with Crippen LogP contribution in [0.2, 0.25) is 0 Å². The summed E-state index contributed by atoms with van der Waals surface area (Å²) in [6, 6.07) is 6.12. The molecule has 0 spiro atoms. The van der Waals surface area contributed by atoms with Gasteiger partial charge in [0.1, 0.15) is 0 Å². The number of nitrogens with zero attached hydrogens (tertiary/aromatic N) is 1. The third-order valence-corrected chi connectivity index (χ3v) is 2.14. The molecule has 0 bridgehead atoms. The molecule has 2 aromatic heterocycles. The van der Waals surface area contributed by atoms with E-state index in [9.17, 15) is 0 Å². The van der Waals surface area contributed by atoms with Crippen molar-refractivity contribution in [2.75, 3.05) is 0 Å². The molecule has 13 heavy (non-hydrogen) atoms. The topological polar surface area (TPSA) is 28.7 Å². The van der Waals surface area contributed by atoms with Crippen LogP contribution in [0.4, 0.5) is 0 Å². The summed E-state index contributed by atoms with van der Waals surface area (Å²) in [5.41, 5.74) is 3.44. The van der Waals surface area contributed by atoms with Crippen molar-refractivity contribution in [2.24, 2.45) is 0 Å². The summed E-state index contributed by atoms with van der Waals surface area (Å²) in [6.07, 6.45) is 5.01. The standard InChI is InChI=1S/C11H13N2/c1-2-3-5-9-8-11-10(13-9)6-4-7-12-11/h4,6-8,13H,1-3,5H2. The number of nitrogens with one attached hydrogen (secondary N) is 1. The zero-order chi connectivity index (χ0) is 9.10. The molecule has 2 nitrogen and oxygen atoms in total. The first-order chi connectivity index (χ1) is 6.40. The van der Waals surface area contributed by atoms with Gasteiger partial charge in [-0.2, -0.15) is 0 Å². The zero-order valence-electron chi connectivity index (χ0n) is 7.59. The normalized spacial score (nSPS) is 10.8. The first-order valence-corrected chi connectivity index (χ1v) is 4.62. The third-order valence-electron chi connectivity index (χ3n) is 2.14. The molecule has 2 heteroatoms. The lowest BCUT2D eigenvalue weighted by atomic mass is 10.2. The highest BCUT2D eigenvalue weighted by Crippen LogP contribution is 2.13. The maximum Gasteiger partial charge on any atom is 0.0881 e. The van der Waals surface area contributed by atoms with Crippen molar-refractivity contribution in [3.63, 3.8) is 0 Å². The minimum Gasteiger partial charge on any atom is -0.357 e. The molecule has 1 N–H and O–H groups in total. The Balaban J connectivity index is 2.28. The van der Waals surface area contributed by atoms with Crippen LogP contribution in [-0.2, 0) is 6.42 Å². The SMILES string of the molecule is [CH2]CCCc1cc2ncccc2[nH]1. The van der Waals surface area contributed by atoms with E-state index >= 15 is 0 Å². The molecule has 2 heterocycles. The number of aromatic nitrogens is 2. The minimum absolute atomic E-state index is 0.989. The second-order valence-electron chi connectivity index (χ2n) is 3.19. The van der Waals surface area contributed by atoms with Crippen LogP contribution in [0.1, 0.15) is 18.5 Å². The van der Waals surface area contributed by atoms with Crippen LogP contribution >= 0.6 is 0 Å². The summed E-state index contributed by atoms with van der Waals surface area (Å²) >= 11 is 0. The van der Waals surface area contributed by atoms with Crippen molar-refractivity contribution in [1.82, 2.24) is 9.97 Å². The molecule has 67 valence electrons. The molecule has 0 unspecified atom stereocenters. The molecule has 0 aliphatic heterocycles. The van der Waals surface area contributed by atoms with Gasteiger partial charge in [0.2, 0.25) is 0 Å². The molecular formula is C11H13N2. The fraction of sp³-hybridized carbons (Fsp3) is 0.273. The Morgan fingerprint density at radius 3 is 3.15 bits per heavy atom. The van der Waals surface area contributed by atoms with Crippen LogP contribution in [0.15, 0.2) is 24.4 Å². The minimum atomic E-state index is 0.989. The third kappa shape index (κ3) is 1.72. The summed E-state index contributed by atoms with van der Waals surface area (Å²) in [4.78, 5) is 7.60. The summed E-state index contributed by atoms with van der Waals surface area (Å²) in [7, 11) is 0. The van der Waals surface area contributed by atoms with Gasteiger partial charge in [-0.3, -0.25) is 4.98 Å². The zero-order valence-corrected chi connectivity index (χ0v) is 7.59. The molecule has 0 amide bonds. The number of unbranched alkanes of at least 4 members (excludes halogenated alkanes) is 1. The van der Waals surface area contributed by atoms with Crippen molar-refractivity contribution < 1.29 is 0 Å². The van der Waals surface area contributed by atoms with Crippen molar-refractivity contribution in [2.45, 2.75) is 19.3 Å². The lowest BCUT2D eigenvalue weighted by Gasteiger charge is -1.92. The van der Waals surface area contributed by atoms with E-state index in [4.69, 9.17) is 0 Å². The molecule has 0 saturated heterocycles. The van der Waals surface area contributed by atoms with Gasteiger partial charge < -0.3 is 4.98 Å². The molecular weight excluding hydrogens is 160 g/mol. The smallest absolute Gasteiger partial charge is 0.0881 e. The average molecular weight is 173 g/mol. The van der Waals surface area contributed by atoms with Gasteiger partial charge in [0.25, 0.3) is 0 Å². The van der Waals surface area contributed by atoms with E-state index in [-0.39, 0.29) is 0 Å². The highest BCUT2D eigenvalue weighted by Gasteiger charge is 1.99. The fourth-order valence-corrected chi connectivity index (χ4v) is 1.46. The van der Waals surface area contributed by atoms with E-state index in [0.29, 0.717) is 0 Å². The van der Waals surface area contributed by atoms with Crippen LogP contribution in [0.5, 0.6) is 0 Å². The number of aromatic amines is 1. The monoisotopic (exact) mass is 173 g/mol. The van der Waals surface area contributed by atoms with Crippen molar-refractivity contribution in [3.8, 4) is 0 Å². The number of H-pyrrole nitrogens is 1. The van der Waals surface area contributed by atoms with Crippen LogP contribution < -0.4 is 0 Å². The summed E-state index contributed by atoms with van der Waals surface area (Å²) < 4.78 is 0. The van der Waals surface area contributed by atoms with Crippen LogP contribution in [-0.4, -0.2) is 9.97 Å². The molecule has 0 atom stereocenters. The van der Waals surface area contributed by atoms with E-state index in [2.05, 4.69) is 29.0 Å². The van der Waals surface area contributed by atoms with Gasteiger partial charge in [-0.15, -0.1) is 0 Å². The average Bonchev–Trinajstić information content (AvgIpc) is 2.57. The Kier molecular flexibility index (Phi) is 2.30. The van der Waals surface area contributed by atoms with Crippen LogP contribution in [0.3, 0.4) is 0 Å². The number of pyridine rings is 1. The number of hydrogen-bond donors (Lipinski definition) is 1. The molecule has 2 aromatic rings. The highest BCUT2D eigenvalue weighted by atomic mass is 14.8. The molecule has 0 aliphatic carbocycles. The van der Waals surface area contributed by atoms with Crippen molar-refractivity contribution in [1.29, 1.82) is 0 Å². The largest absolute Gasteiger partial charge is 0.357 e. The maximum atomic E-state index is 4.26. The predicted molar refractivity (Wildman–Crippen MR) is 54.4 cm³/mol. The maximum absolute atomic E-state index is 4.26. The Hall–Kier alpha value is -1.31. The first kappa shape index (κ1) is 8.30. The van der Waals surface area contributed by atoms with E-state index in [1.807, 2.05) is 12.3 Å². The Bertz CT molecular complexity index is 357. The second kappa shape index (κ2) is 3.60. The van der Waals surface area contributed by atoms with E-state index in [1.54, 1.807) is 0 Å². The molecule has 0 aliphatic rings. The van der Waals surface area contributed by atoms with Crippen molar-refractivity contribution in [3.05, 3.63) is 37.0 Å². The Morgan fingerprint density at radius 2 is 2.38 bits per heavy atom. The lowest BCUT2D eigenvalue weighted by molar-refractivity contribution is 0.824. The van der Waals surface area contributed by atoms with Crippen LogP contribution in [0, 0.1) is 6.92 Å². The molecule has 0 saturated carbocycles. The van der Waals surface area contributed by atoms with Gasteiger partial charge in [0, 0.05) is 11.9 Å². The summed E-state index contributed by atoms with van der Waals surface area (Å²) in [5, 5.41) is 0. The highest BCUT2D eigenvalue weighted by molar-refractivity contribution is 5.75. The van der Waals surface area contributed by atoms with Gasteiger partial charge in [0.15, 0.2) is 0 Å². The number of aryl methyl sites for hydroxylation is 1. The van der Waals surface area contributed by atoms with Gasteiger partial charge in [-0.05, 0) is 31.0 Å². The van der Waals surface area contributed by atoms with Gasteiger partial charge >= 0.3 is 0 Å². The van der Waals surface area contributed by atoms with E-state index < -0.39 is 0 Å².